The predicted octanol–water partition coefficient (Wildman–Crippen LogP) is 4.55. The Labute approximate surface area is 121 Å². The molecule has 0 spiro atoms. The summed E-state index contributed by atoms with van der Waals surface area (Å²) in [6.07, 6.45) is 3.74. The molecule has 0 saturated carbocycles. The lowest BCUT2D eigenvalue weighted by molar-refractivity contribution is 0.765. The van der Waals surface area contributed by atoms with E-state index in [1.54, 1.807) is 23.0 Å². The van der Waals surface area contributed by atoms with E-state index >= 15 is 0 Å². The molecule has 0 fully saturated rings. The molecule has 1 N–H and O–H groups in total. The first-order valence-electron chi connectivity index (χ1n) is 5.37. The summed E-state index contributed by atoms with van der Waals surface area (Å²) in [6, 6.07) is 3.37. The van der Waals surface area contributed by atoms with Gasteiger partial charge in [-0.3, -0.25) is 4.68 Å². The van der Waals surface area contributed by atoms with Gasteiger partial charge in [-0.15, -0.1) is 0 Å². The highest BCUT2D eigenvalue weighted by molar-refractivity contribution is 6.41. The minimum Gasteiger partial charge on any atom is -0.376 e. The van der Waals surface area contributed by atoms with Crippen LogP contribution >= 0.6 is 34.8 Å². The Morgan fingerprint density at radius 1 is 1.22 bits per heavy atom. The van der Waals surface area contributed by atoms with Crippen molar-refractivity contribution in [3.63, 3.8) is 0 Å². The molecule has 0 aliphatic carbocycles. The molecule has 0 radical (unpaired) electrons. The van der Waals surface area contributed by atoms with E-state index in [1.807, 2.05) is 20.2 Å². The summed E-state index contributed by atoms with van der Waals surface area (Å²) in [4.78, 5) is 0. The van der Waals surface area contributed by atoms with Crippen molar-refractivity contribution in [2.45, 2.75) is 13.0 Å². The minimum absolute atomic E-state index is 0.0508. The zero-order valence-electron chi connectivity index (χ0n) is 9.92. The van der Waals surface area contributed by atoms with E-state index in [0.717, 1.165) is 5.56 Å². The maximum absolute atomic E-state index is 6.12. The molecule has 1 heterocycles. The van der Waals surface area contributed by atoms with Crippen molar-refractivity contribution in [2.24, 2.45) is 7.05 Å². The number of benzene rings is 1. The number of aromatic nitrogens is 2. The van der Waals surface area contributed by atoms with Crippen molar-refractivity contribution in [1.29, 1.82) is 0 Å². The smallest absolute Gasteiger partial charge is 0.0724 e. The van der Waals surface area contributed by atoms with Gasteiger partial charge in [0.25, 0.3) is 0 Å². The summed E-state index contributed by atoms with van der Waals surface area (Å²) in [5.74, 6) is 0. The van der Waals surface area contributed by atoms with Crippen molar-refractivity contribution >= 4 is 40.5 Å². The van der Waals surface area contributed by atoms with Crippen LogP contribution in [0.1, 0.15) is 18.5 Å². The predicted molar refractivity (Wildman–Crippen MR) is 76.7 cm³/mol. The molecule has 0 saturated heterocycles. The number of nitrogens with zero attached hydrogens (tertiary/aromatic N) is 2. The molecule has 3 nitrogen and oxygen atoms in total. The average molecular weight is 305 g/mol. The fourth-order valence-corrected chi connectivity index (χ4v) is 2.57. The van der Waals surface area contributed by atoms with E-state index in [0.29, 0.717) is 20.8 Å². The van der Waals surface area contributed by atoms with Gasteiger partial charge in [-0.25, -0.2) is 0 Å². The van der Waals surface area contributed by atoms with Crippen LogP contribution < -0.4 is 5.32 Å². The Morgan fingerprint density at radius 3 is 2.33 bits per heavy atom. The van der Waals surface area contributed by atoms with Gasteiger partial charge in [0, 0.05) is 23.8 Å². The maximum atomic E-state index is 6.12. The SMILES string of the molecule is CC(Nc1c(Cl)cc(Cl)cc1Cl)c1cnn(C)c1. The molecule has 2 aromatic rings. The van der Waals surface area contributed by atoms with Gasteiger partial charge >= 0.3 is 0 Å². The third kappa shape index (κ3) is 2.91. The quantitative estimate of drug-likeness (QED) is 0.901. The van der Waals surface area contributed by atoms with Crippen LogP contribution in [0.4, 0.5) is 5.69 Å². The molecule has 0 bridgehead atoms. The zero-order valence-corrected chi connectivity index (χ0v) is 12.2. The van der Waals surface area contributed by atoms with Gasteiger partial charge in [0.15, 0.2) is 0 Å². The molecule has 1 unspecified atom stereocenters. The van der Waals surface area contributed by atoms with Crippen molar-refractivity contribution in [3.05, 3.63) is 45.2 Å². The maximum Gasteiger partial charge on any atom is 0.0724 e. The van der Waals surface area contributed by atoms with E-state index in [2.05, 4.69) is 10.4 Å². The van der Waals surface area contributed by atoms with Crippen molar-refractivity contribution in [2.75, 3.05) is 5.32 Å². The van der Waals surface area contributed by atoms with E-state index in [1.165, 1.54) is 0 Å². The number of halogens is 3. The molecule has 0 amide bonds. The first-order valence-corrected chi connectivity index (χ1v) is 6.50. The Morgan fingerprint density at radius 2 is 1.83 bits per heavy atom. The summed E-state index contributed by atoms with van der Waals surface area (Å²) >= 11 is 18.1. The summed E-state index contributed by atoms with van der Waals surface area (Å²) in [6.45, 7) is 2.01. The third-order valence-electron chi connectivity index (χ3n) is 2.59. The second kappa shape index (κ2) is 5.39. The summed E-state index contributed by atoms with van der Waals surface area (Å²) < 4.78 is 1.75. The molecule has 1 atom stereocenters. The number of anilines is 1. The van der Waals surface area contributed by atoms with Crippen LogP contribution in [0.3, 0.4) is 0 Å². The Balaban J connectivity index is 2.24. The lowest BCUT2D eigenvalue weighted by Gasteiger charge is -2.16. The molecule has 6 heteroatoms. The minimum atomic E-state index is 0.0508. The first-order chi connectivity index (χ1) is 8.47. The fourth-order valence-electron chi connectivity index (χ4n) is 1.64. The number of nitrogens with one attached hydrogen (secondary N) is 1. The normalized spacial score (nSPS) is 12.5. The summed E-state index contributed by atoms with van der Waals surface area (Å²) in [5, 5.41) is 8.91. The largest absolute Gasteiger partial charge is 0.376 e. The Kier molecular flexibility index (Phi) is 4.05. The number of rotatable bonds is 3. The molecule has 96 valence electrons. The van der Waals surface area contributed by atoms with Crippen molar-refractivity contribution < 1.29 is 0 Å². The third-order valence-corrected chi connectivity index (χ3v) is 3.41. The van der Waals surface area contributed by atoms with E-state index < -0.39 is 0 Å². The van der Waals surface area contributed by atoms with Crippen LogP contribution in [0.5, 0.6) is 0 Å². The highest BCUT2D eigenvalue weighted by atomic mass is 35.5. The van der Waals surface area contributed by atoms with E-state index in [-0.39, 0.29) is 6.04 Å². The number of aryl methyl sites for hydroxylation is 1. The van der Waals surface area contributed by atoms with E-state index in [9.17, 15) is 0 Å². The molecule has 1 aromatic heterocycles. The highest BCUT2D eigenvalue weighted by Crippen LogP contribution is 2.35. The Hall–Kier alpha value is -0.900. The molecular formula is C12H12Cl3N3. The van der Waals surface area contributed by atoms with Gasteiger partial charge in [-0.1, -0.05) is 34.8 Å². The average Bonchev–Trinajstić information content (AvgIpc) is 2.70. The number of hydrogen-bond acceptors (Lipinski definition) is 2. The van der Waals surface area contributed by atoms with Crippen LogP contribution in [0.2, 0.25) is 15.1 Å². The van der Waals surface area contributed by atoms with Crippen LogP contribution in [-0.2, 0) is 7.05 Å². The Bertz CT molecular complexity index is 542. The zero-order chi connectivity index (χ0) is 13.3. The lowest BCUT2D eigenvalue weighted by Crippen LogP contribution is -2.06. The summed E-state index contributed by atoms with van der Waals surface area (Å²) in [5.41, 5.74) is 1.73. The lowest BCUT2D eigenvalue weighted by atomic mass is 10.2. The topological polar surface area (TPSA) is 29.9 Å². The second-order valence-corrected chi connectivity index (χ2v) is 5.31. The molecular weight excluding hydrogens is 293 g/mol. The number of hydrogen-bond donors (Lipinski definition) is 1. The standard InChI is InChI=1S/C12H12Cl3N3/c1-7(8-5-16-18(2)6-8)17-12-10(14)3-9(13)4-11(12)15/h3-7,17H,1-2H3. The molecule has 18 heavy (non-hydrogen) atoms. The van der Waals surface area contributed by atoms with Crippen molar-refractivity contribution in [3.8, 4) is 0 Å². The van der Waals surface area contributed by atoms with E-state index in [4.69, 9.17) is 34.8 Å². The van der Waals surface area contributed by atoms with Crippen LogP contribution in [-0.4, -0.2) is 9.78 Å². The fraction of sp³-hybridized carbons (Fsp3) is 0.250. The van der Waals surface area contributed by atoms with Gasteiger partial charge in [0.2, 0.25) is 0 Å². The molecule has 0 aliphatic rings. The van der Waals surface area contributed by atoms with Gasteiger partial charge in [-0.2, -0.15) is 5.10 Å². The van der Waals surface area contributed by atoms with Gasteiger partial charge in [0.05, 0.1) is 28.0 Å². The van der Waals surface area contributed by atoms with Crippen LogP contribution in [0.15, 0.2) is 24.5 Å². The van der Waals surface area contributed by atoms with Crippen LogP contribution in [0.25, 0.3) is 0 Å². The molecule has 2 rings (SSSR count). The highest BCUT2D eigenvalue weighted by Gasteiger charge is 2.13. The van der Waals surface area contributed by atoms with Gasteiger partial charge in [0.1, 0.15) is 0 Å². The summed E-state index contributed by atoms with van der Waals surface area (Å²) in [7, 11) is 1.87. The van der Waals surface area contributed by atoms with Crippen LogP contribution in [0, 0.1) is 0 Å². The molecule has 0 aliphatic heterocycles. The second-order valence-electron chi connectivity index (χ2n) is 4.06. The van der Waals surface area contributed by atoms with Gasteiger partial charge in [-0.05, 0) is 19.1 Å². The molecule has 1 aromatic carbocycles. The first kappa shape index (κ1) is 13.5. The van der Waals surface area contributed by atoms with Gasteiger partial charge < -0.3 is 5.32 Å². The monoisotopic (exact) mass is 303 g/mol. The van der Waals surface area contributed by atoms with Crippen molar-refractivity contribution in [1.82, 2.24) is 9.78 Å².